The molecule has 0 atom stereocenters. The second-order valence-electron chi connectivity index (χ2n) is 10.6. The highest BCUT2D eigenvalue weighted by Gasteiger charge is 2.20. The van der Waals surface area contributed by atoms with Crippen LogP contribution in [0.3, 0.4) is 0 Å². The fraction of sp³-hybridized carbons (Fsp3) is 0. The largest absolute Gasteiger partial charge is 0.456 e. The quantitative estimate of drug-likeness (QED) is 0.214. The molecule has 6 aromatic carbocycles. The topological polar surface area (TPSA) is 97.7 Å². The number of fused-ring (bicyclic) bond motifs is 6. The van der Waals surface area contributed by atoms with Gasteiger partial charge in [-0.2, -0.15) is 15.8 Å². The molecule has 0 aliphatic heterocycles. The summed E-state index contributed by atoms with van der Waals surface area (Å²) >= 11 is 0. The van der Waals surface area contributed by atoms with Gasteiger partial charge in [-0.3, -0.25) is 0 Å². The SMILES string of the molecule is N#Cc1cc(C#N)c(-c2cc(-c3cccc4oc5ccccc5c34)cc(-c3cccc4oc5ccccc5c34)c2)c(C#N)c1. The smallest absolute Gasteiger partial charge is 0.136 e. The predicted molar refractivity (Wildman–Crippen MR) is 171 cm³/mol. The van der Waals surface area contributed by atoms with Gasteiger partial charge in [-0.15, -0.1) is 0 Å². The van der Waals surface area contributed by atoms with E-state index in [1.165, 1.54) is 12.1 Å². The van der Waals surface area contributed by atoms with E-state index in [1.807, 2.05) is 72.8 Å². The minimum absolute atomic E-state index is 0.266. The molecule has 2 heterocycles. The summed E-state index contributed by atoms with van der Waals surface area (Å²) in [6.45, 7) is 0. The van der Waals surface area contributed by atoms with Crippen molar-refractivity contribution in [3.63, 3.8) is 0 Å². The van der Waals surface area contributed by atoms with Crippen molar-refractivity contribution in [3.05, 3.63) is 132 Å². The van der Waals surface area contributed by atoms with Crippen molar-refractivity contribution in [2.75, 3.05) is 0 Å². The molecule has 44 heavy (non-hydrogen) atoms. The molecule has 8 rings (SSSR count). The van der Waals surface area contributed by atoms with Crippen LogP contribution in [0.2, 0.25) is 0 Å². The Bertz CT molecular complexity index is 2430. The standard InChI is InChI=1S/C39H19N3O2/c40-20-23-15-27(21-41)37(28(16-23)22-42)26-18-24(29-9-5-13-35-38(29)31-7-1-3-11-33(31)43-35)17-25(19-26)30-10-6-14-36-39(30)32-8-2-4-12-34(32)44-36/h1-19H. The second kappa shape index (κ2) is 9.74. The summed E-state index contributed by atoms with van der Waals surface area (Å²) in [6, 6.07) is 43.7. The monoisotopic (exact) mass is 561 g/mol. The zero-order valence-electron chi connectivity index (χ0n) is 23.1. The molecule has 0 bridgehead atoms. The van der Waals surface area contributed by atoms with E-state index in [4.69, 9.17) is 8.83 Å². The number of hydrogen-bond acceptors (Lipinski definition) is 5. The van der Waals surface area contributed by atoms with Crippen LogP contribution in [-0.4, -0.2) is 0 Å². The molecule has 0 amide bonds. The molecule has 5 nitrogen and oxygen atoms in total. The van der Waals surface area contributed by atoms with Gasteiger partial charge >= 0.3 is 0 Å². The fourth-order valence-electron chi connectivity index (χ4n) is 6.31. The molecule has 0 radical (unpaired) electrons. The number of para-hydroxylation sites is 2. The van der Waals surface area contributed by atoms with E-state index >= 15 is 0 Å². The molecule has 0 unspecified atom stereocenters. The highest BCUT2D eigenvalue weighted by atomic mass is 16.3. The summed E-state index contributed by atoms with van der Waals surface area (Å²) in [5.41, 5.74) is 8.85. The van der Waals surface area contributed by atoms with Crippen molar-refractivity contribution >= 4 is 43.9 Å². The van der Waals surface area contributed by atoms with Crippen LogP contribution in [-0.2, 0) is 0 Å². The molecule has 0 fully saturated rings. The van der Waals surface area contributed by atoms with E-state index in [-0.39, 0.29) is 16.7 Å². The van der Waals surface area contributed by atoms with Crippen LogP contribution in [0.4, 0.5) is 0 Å². The average Bonchev–Trinajstić information content (AvgIpc) is 3.66. The molecule has 0 N–H and O–H groups in total. The Balaban J connectivity index is 1.50. The van der Waals surface area contributed by atoms with Crippen LogP contribution in [0, 0.1) is 34.0 Å². The lowest BCUT2D eigenvalue weighted by Crippen LogP contribution is -1.94. The van der Waals surface area contributed by atoms with E-state index in [9.17, 15) is 15.8 Å². The van der Waals surface area contributed by atoms with Gasteiger partial charge in [0.05, 0.1) is 34.9 Å². The number of nitrogens with zero attached hydrogens (tertiary/aromatic N) is 3. The van der Waals surface area contributed by atoms with Crippen molar-refractivity contribution in [1.29, 1.82) is 15.8 Å². The van der Waals surface area contributed by atoms with Gasteiger partial charge in [-0.05, 0) is 82.4 Å². The average molecular weight is 562 g/mol. The van der Waals surface area contributed by atoms with Crippen molar-refractivity contribution < 1.29 is 8.83 Å². The molecule has 0 spiro atoms. The van der Waals surface area contributed by atoms with E-state index in [1.54, 1.807) is 0 Å². The molecular formula is C39H19N3O2. The third-order valence-electron chi connectivity index (χ3n) is 8.16. The fourth-order valence-corrected chi connectivity index (χ4v) is 6.31. The molecule has 0 saturated heterocycles. The zero-order valence-corrected chi connectivity index (χ0v) is 23.1. The van der Waals surface area contributed by atoms with Crippen molar-refractivity contribution in [1.82, 2.24) is 0 Å². The van der Waals surface area contributed by atoms with Crippen LogP contribution < -0.4 is 0 Å². The van der Waals surface area contributed by atoms with Crippen LogP contribution in [0.25, 0.3) is 77.3 Å². The zero-order chi connectivity index (χ0) is 29.8. The summed E-state index contributed by atoms with van der Waals surface area (Å²) in [5.74, 6) is 0. The van der Waals surface area contributed by atoms with E-state index in [0.717, 1.165) is 66.1 Å². The predicted octanol–water partition coefficient (Wildman–Crippen LogP) is 10.1. The summed E-state index contributed by atoms with van der Waals surface area (Å²) in [4.78, 5) is 0. The Morgan fingerprint density at radius 3 is 1.36 bits per heavy atom. The highest BCUT2D eigenvalue weighted by Crippen LogP contribution is 2.43. The van der Waals surface area contributed by atoms with Gasteiger partial charge in [0.2, 0.25) is 0 Å². The van der Waals surface area contributed by atoms with Gasteiger partial charge in [0.15, 0.2) is 0 Å². The first-order valence-electron chi connectivity index (χ1n) is 14.0. The van der Waals surface area contributed by atoms with Gasteiger partial charge in [-0.1, -0.05) is 60.7 Å². The maximum Gasteiger partial charge on any atom is 0.136 e. The normalized spacial score (nSPS) is 11.1. The molecule has 2 aromatic heterocycles. The van der Waals surface area contributed by atoms with E-state index < -0.39 is 0 Å². The Kier molecular flexibility index (Phi) is 5.56. The van der Waals surface area contributed by atoms with Crippen molar-refractivity contribution in [3.8, 4) is 51.6 Å². The Morgan fingerprint density at radius 2 is 0.886 bits per heavy atom. The summed E-state index contributed by atoms with van der Waals surface area (Å²) in [6.07, 6.45) is 0. The lowest BCUT2D eigenvalue weighted by molar-refractivity contribution is 0.668. The van der Waals surface area contributed by atoms with Crippen LogP contribution in [0.1, 0.15) is 16.7 Å². The van der Waals surface area contributed by atoms with E-state index in [2.05, 4.69) is 48.5 Å². The number of benzene rings is 6. The van der Waals surface area contributed by atoms with E-state index in [0.29, 0.717) is 11.1 Å². The minimum atomic E-state index is 0.266. The first-order chi connectivity index (χ1) is 21.7. The Hall–Kier alpha value is -6.61. The Morgan fingerprint density at radius 1 is 0.432 bits per heavy atom. The molecule has 202 valence electrons. The number of rotatable bonds is 3. The molecule has 0 aliphatic rings. The van der Waals surface area contributed by atoms with Gasteiger partial charge in [-0.25, -0.2) is 0 Å². The number of furan rings is 2. The van der Waals surface area contributed by atoms with Crippen molar-refractivity contribution in [2.24, 2.45) is 0 Å². The van der Waals surface area contributed by atoms with Gasteiger partial charge < -0.3 is 8.83 Å². The number of hydrogen-bond donors (Lipinski definition) is 0. The lowest BCUT2D eigenvalue weighted by atomic mass is 9.87. The summed E-state index contributed by atoms with van der Waals surface area (Å²) < 4.78 is 12.4. The third kappa shape index (κ3) is 3.77. The second-order valence-corrected chi connectivity index (χ2v) is 10.6. The van der Waals surface area contributed by atoms with Crippen LogP contribution >= 0.6 is 0 Å². The maximum absolute atomic E-state index is 10.2. The molecule has 0 saturated carbocycles. The first-order valence-corrected chi connectivity index (χ1v) is 14.0. The first kappa shape index (κ1) is 25.1. The van der Waals surface area contributed by atoms with Crippen molar-refractivity contribution in [2.45, 2.75) is 0 Å². The van der Waals surface area contributed by atoms with Crippen LogP contribution in [0.5, 0.6) is 0 Å². The molecule has 0 aliphatic carbocycles. The molecular weight excluding hydrogens is 542 g/mol. The van der Waals surface area contributed by atoms with Gasteiger partial charge in [0.25, 0.3) is 0 Å². The van der Waals surface area contributed by atoms with Gasteiger partial charge in [0, 0.05) is 27.1 Å². The maximum atomic E-state index is 10.2. The Labute approximate surface area is 251 Å². The molecule has 8 aromatic rings. The summed E-state index contributed by atoms with van der Waals surface area (Å²) in [7, 11) is 0. The molecule has 5 heteroatoms. The minimum Gasteiger partial charge on any atom is -0.456 e. The third-order valence-corrected chi connectivity index (χ3v) is 8.16. The number of nitriles is 3. The summed E-state index contributed by atoms with van der Waals surface area (Å²) in [5, 5.41) is 33.9. The lowest BCUT2D eigenvalue weighted by Gasteiger charge is -2.15. The van der Waals surface area contributed by atoms with Crippen LogP contribution in [0.15, 0.2) is 124 Å². The van der Waals surface area contributed by atoms with Gasteiger partial charge in [0.1, 0.15) is 22.3 Å². The highest BCUT2D eigenvalue weighted by molar-refractivity contribution is 6.15.